The van der Waals surface area contributed by atoms with Crippen molar-refractivity contribution >= 4 is 17.8 Å². The third-order valence-corrected chi connectivity index (χ3v) is 2.56. The fourth-order valence-corrected chi connectivity index (χ4v) is 1.66. The third kappa shape index (κ3) is 3.22. The molecule has 0 spiro atoms. The molecule has 1 aliphatic heterocycles. The SMILES string of the molecule is COC(=O)C1CCN(C(=O)CNC(C)=O)C1. The number of ether oxygens (including phenoxy) is 1. The fraction of sp³-hybridized carbons (Fsp3) is 0.700. The zero-order valence-corrected chi connectivity index (χ0v) is 9.49. The van der Waals surface area contributed by atoms with E-state index in [2.05, 4.69) is 10.1 Å². The van der Waals surface area contributed by atoms with E-state index in [1.165, 1.54) is 14.0 Å². The Morgan fingerprint density at radius 1 is 1.44 bits per heavy atom. The van der Waals surface area contributed by atoms with E-state index in [0.717, 1.165) is 0 Å². The second-order valence-corrected chi connectivity index (χ2v) is 3.76. The highest BCUT2D eigenvalue weighted by Gasteiger charge is 2.31. The molecule has 0 radical (unpaired) electrons. The van der Waals surface area contributed by atoms with Gasteiger partial charge in [0.2, 0.25) is 11.8 Å². The summed E-state index contributed by atoms with van der Waals surface area (Å²) in [5.41, 5.74) is 0. The molecule has 1 rings (SSSR count). The van der Waals surface area contributed by atoms with Crippen LogP contribution in [0.4, 0.5) is 0 Å². The summed E-state index contributed by atoms with van der Waals surface area (Å²) in [5, 5.41) is 2.43. The molecule has 0 saturated carbocycles. The van der Waals surface area contributed by atoms with E-state index in [-0.39, 0.29) is 30.2 Å². The number of carbonyl (C=O) groups is 3. The first-order chi connectivity index (χ1) is 7.54. The van der Waals surface area contributed by atoms with Crippen LogP contribution in [0.5, 0.6) is 0 Å². The zero-order valence-electron chi connectivity index (χ0n) is 9.49. The van der Waals surface area contributed by atoms with Gasteiger partial charge in [0.05, 0.1) is 19.6 Å². The normalized spacial score (nSPS) is 19.4. The maximum atomic E-state index is 11.6. The summed E-state index contributed by atoms with van der Waals surface area (Å²) in [4.78, 5) is 35.0. The molecule has 0 aromatic heterocycles. The van der Waals surface area contributed by atoms with Crippen LogP contribution in [0, 0.1) is 5.92 Å². The van der Waals surface area contributed by atoms with E-state index in [4.69, 9.17) is 0 Å². The number of methoxy groups -OCH3 is 1. The maximum Gasteiger partial charge on any atom is 0.310 e. The molecular weight excluding hydrogens is 212 g/mol. The van der Waals surface area contributed by atoms with Crippen LogP contribution in [0.25, 0.3) is 0 Å². The fourth-order valence-electron chi connectivity index (χ4n) is 1.66. The van der Waals surface area contributed by atoms with Crippen molar-refractivity contribution in [3.05, 3.63) is 0 Å². The minimum Gasteiger partial charge on any atom is -0.469 e. The van der Waals surface area contributed by atoms with Crippen molar-refractivity contribution in [1.29, 1.82) is 0 Å². The number of hydrogen-bond donors (Lipinski definition) is 1. The average molecular weight is 228 g/mol. The van der Waals surface area contributed by atoms with Crippen molar-refractivity contribution in [2.45, 2.75) is 13.3 Å². The van der Waals surface area contributed by atoms with Gasteiger partial charge < -0.3 is 15.0 Å². The molecule has 2 amide bonds. The van der Waals surface area contributed by atoms with Gasteiger partial charge in [0.1, 0.15) is 0 Å². The first kappa shape index (κ1) is 12.5. The topological polar surface area (TPSA) is 75.7 Å². The van der Waals surface area contributed by atoms with Gasteiger partial charge in [0.15, 0.2) is 0 Å². The van der Waals surface area contributed by atoms with Gasteiger partial charge in [-0.15, -0.1) is 0 Å². The molecule has 90 valence electrons. The Morgan fingerprint density at radius 3 is 2.69 bits per heavy atom. The molecule has 1 unspecified atom stereocenters. The Morgan fingerprint density at radius 2 is 2.12 bits per heavy atom. The molecule has 1 saturated heterocycles. The smallest absolute Gasteiger partial charge is 0.310 e. The Bertz CT molecular complexity index is 303. The van der Waals surface area contributed by atoms with Gasteiger partial charge in [-0.1, -0.05) is 0 Å². The highest BCUT2D eigenvalue weighted by atomic mass is 16.5. The summed E-state index contributed by atoms with van der Waals surface area (Å²) < 4.78 is 4.61. The second-order valence-electron chi connectivity index (χ2n) is 3.76. The van der Waals surface area contributed by atoms with Crippen LogP contribution in [0.2, 0.25) is 0 Å². The van der Waals surface area contributed by atoms with Crippen molar-refractivity contribution in [3.63, 3.8) is 0 Å². The zero-order chi connectivity index (χ0) is 12.1. The maximum absolute atomic E-state index is 11.6. The molecule has 0 bridgehead atoms. The van der Waals surface area contributed by atoms with Gasteiger partial charge in [-0.25, -0.2) is 0 Å². The quantitative estimate of drug-likeness (QED) is 0.638. The monoisotopic (exact) mass is 228 g/mol. The molecule has 1 aliphatic rings. The molecule has 0 aliphatic carbocycles. The molecule has 6 nitrogen and oxygen atoms in total. The Labute approximate surface area is 93.9 Å². The Kier molecular flexibility index (Phi) is 4.28. The van der Waals surface area contributed by atoms with Crippen molar-refractivity contribution in [1.82, 2.24) is 10.2 Å². The summed E-state index contributed by atoms with van der Waals surface area (Å²) in [6.07, 6.45) is 0.623. The molecule has 1 atom stereocenters. The molecule has 0 aromatic carbocycles. The van der Waals surface area contributed by atoms with Crippen molar-refractivity contribution in [2.24, 2.45) is 5.92 Å². The van der Waals surface area contributed by atoms with E-state index in [1.54, 1.807) is 4.90 Å². The Balaban J connectivity index is 2.37. The van der Waals surface area contributed by atoms with Crippen LogP contribution in [-0.4, -0.2) is 49.4 Å². The first-order valence-corrected chi connectivity index (χ1v) is 5.14. The first-order valence-electron chi connectivity index (χ1n) is 5.14. The third-order valence-electron chi connectivity index (χ3n) is 2.56. The van der Waals surface area contributed by atoms with Gasteiger partial charge in [0, 0.05) is 20.0 Å². The average Bonchev–Trinajstić information content (AvgIpc) is 2.74. The summed E-state index contributed by atoms with van der Waals surface area (Å²) >= 11 is 0. The van der Waals surface area contributed by atoms with Gasteiger partial charge in [0.25, 0.3) is 0 Å². The van der Waals surface area contributed by atoms with E-state index >= 15 is 0 Å². The summed E-state index contributed by atoms with van der Waals surface area (Å²) in [6, 6.07) is 0. The lowest BCUT2D eigenvalue weighted by Crippen LogP contribution is -2.38. The predicted molar refractivity (Wildman–Crippen MR) is 55.4 cm³/mol. The lowest BCUT2D eigenvalue weighted by molar-refractivity contribution is -0.145. The van der Waals surface area contributed by atoms with Gasteiger partial charge in [-0.05, 0) is 6.42 Å². The lowest BCUT2D eigenvalue weighted by atomic mass is 10.1. The summed E-state index contributed by atoms with van der Waals surface area (Å²) in [7, 11) is 1.34. The summed E-state index contributed by atoms with van der Waals surface area (Å²) in [5.74, 6) is -0.917. The van der Waals surface area contributed by atoms with E-state index in [9.17, 15) is 14.4 Å². The number of rotatable bonds is 3. The number of nitrogens with one attached hydrogen (secondary N) is 1. The van der Waals surface area contributed by atoms with Crippen LogP contribution in [-0.2, 0) is 19.1 Å². The van der Waals surface area contributed by atoms with Gasteiger partial charge in [-0.3, -0.25) is 14.4 Å². The molecular formula is C10H16N2O4. The van der Waals surface area contributed by atoms with Gasteiger partial charge in [-0.2, -0.15) is 0 Å². The molecule has 1 heterocycles. The molecule has 6 heteroatoms. The molecule has 16 heavy (non-hydrogen) atoms. The van der Waals surface area contributed by atoms with Crippen LogP contribution >= 0.6 is 0 Å². The molecule has 0 aromatic rings. The number of likely N-dealkylation sites (tertiary alicyclic amines) is 1. The minimum absolute atomic E-state index is 0.0107. The highest BCUT2D eigenvalue weighted by Crippen LogP contribution is 2.17. The predicted octanol–water partition coefficient (Wildman–Crippen LogP) is -0.856. The number of nitrogens with zero attached hydrogens (tertiary/aromatic N) is 1. The van der Waals surface area contributed by atoms with Gasteiger partial charge >= 0.3 is 5.97 Å². The highest BCUT2D eigenvalue weighted by molar-refractivity contribution is 5.84. The van der Waals surface area contributed by atoms with E-state index in [1.807, 2.05) is 0 Å². The van der Waals surface area contributed by atoms with Crippen LogP contribution in [0.15, 0.2) is 0 Å². The number of hydrogen-bond acceptors (Lipinski definition) is 4. The second kappa shape index (κ2) is 5.48. The van der Waals surface area contributed by atoms with Crippen LogP contribution in [0.3, 0.4) is 0 Å². The lowest BCUT2D eigenvalue weighted by Gasteiger charge is -2.15. The standard InChI is InChI=1S/C10H16N2O4/c1-7(13)11-5-9(14)12-4-3-8(6-12)10(15)16-2/h8H,3-6H2,1-2H3,(H,11,13). The largest absolute Gasteiger partial charge is 0.469 e. The Hall–Kier alpha value is -1.59. The number of amides is 2. The van der Waals surface area contributed by atoms with Crippen molar-refractivity contribution in [2.75, 3.05) is 26.7 Å². The van der Waals surface area contributed by atoms with Crippen molar-refractivity contribution in [3.8, 4) is 0 Å². The van der Waals surface area contributed by atoms with E-state index in [0.29, 0.717) is 19.5 Å². The molecule has 1 N–H and O–H groups in total. The van der Waals surface area contributed by atoms with Crippen LogP contribution in [0.1, 0.15) is 13.3 Å². The minimum atomic E-state index is -0.283. The van der Waals surface area contributed by atoms with Crippen LogP contribution < -0.4 is 5.32 Å². The number of esters is 1. The van der Waals surface area contributed by atoms with Crippen molar-refractivity contribution < 1.29 is 19.1 Å². The number of carbonyl (C=O) groups excluding carboxylic acids is 3. The molecule has 1 fully saturated rings. The summed E-state index contributed by atoms with van der Waals surface area (Å²) in [6.45, 7) is 2.26. The van der Waals surface area contributed by atoms with E-state index < -0.39 is 0 Å².